The van der Waals surface area contributed by atoms with Gasteiger partial charge in [-0.05, 0) is 26.0 Å². The van der Waals surface area contributed by atoms with Crippen LogP contribution in [0, 0.1) is 0 Å². The van der Waals surface area contributed by atoms with E-state index in [9.17, 15) is 4.79 Å². The van der Waals surface area contributed by atoms with Crippen molar-refractivity contribution < 1.29 is 4.79 Å². The zero-order chi connectivity index (χ0) is 14.7. The van der Waals surface area contributed by atoms with Crippen LogP contribution in [0.1, 0.15) is 25.7 Å². The van der Waals surface area contributed by atoms with Crippen LogP contribution < -0.4 is 5.32 Å². The molecule has 1 aromatic carbocycles. The van der Waals surface area contributed by atoms with Crippen molar-refractivity contribution in [3.8, 4) is 0 Å². The maximum atomic E-state index is 11.7. The Kier molecular flexibility index (Phi) is 4.03. The predicted octanol–water partition coefficient (Wildman–Crippen LogP) is 2.98. The van der Waals surface area contributed by atoms with Crippen LogP contribution in [0.25, 0.3) is 11.0 Å². The lowest BCUT2D eigenvalue weighted by atomic mass is 10.2. The Bertz CT molecular complexity index is 669. The lowest BCUT2D eigenvalue weighted by molar-refractivity contribution is -0.118. The minimum absolute atomic E-state index is 0.158. The van der Waals surface area contributed by atoms with E-state index in [-0.39, 0.29) is 11.9 Å². The second kappa shape index (κ2) is 5.74. The monoisotopic (exact) mass is 269 g/mol. The van der Waals surface area contributed by atoms with Gasteiger partial charge in [0, 0.05) is 12.1 Å². The molecule has 4 heteroatoms. The molecule has 0 saturated carbocycles. The summed E-state index contributed by atoms with van der Waals surface area (Å²) in [5.74, 6) is 0.662. The topological polar surface area (TPSA) is 46.9 Å². The lowest BCUT2D eigenvalue weighted by Crippen LogP contribution is -2.29. The highest BCUT2D eigenvalue weighted by Crippen LogP contribution is 2.21. The zero-order valence-electron chi connectivity index (χ0n) is 11.9. The Hall–Kier alpha value is -2.36. The second-order valence-electron chi connectivity index (χ2n) is 4.83. The molecule has 0 saturated heterocycles. The Balaban J connectivity index is 2.42. The number of nitrogens with one attached hydrogen (secondary N) is 1. The summed E-state index contributed by atoms with van der Waals surface area (Å²) in [6, 6.07) is 7.72. The maximum Gasteiger partial charge on any atom is 0.246 e. The third-order valence-corrected chi connectivity index (χ3v) is 3.12. The number of para-hydroxylation sites is 2. The molecule has 0 aliphatic carbocycles. The van der Waals surface area contributed by atoms with Crippen LogP contribution in [0.3, 0.4) is 0 Å². The van der Waals surface area contributed by atoms with Gasteiger partial charge < -0.3 is 9.88 Å². The molecule has 20 heavy (non-hydrogen) atoms. The third kappa shape index (κ3) is 2.64. The first-order valence-electron chi connectivity index (χ1n) is 6.57. The van der Waals surface area contributed by atoms with E-state index in [1.165, 1.54) is 0 Å². The molecule has 1 amide bonds. The Labute approximate surface area is 118 Å². The average Bonchev–Trinajstić information content (AvgIpc) is 2.78. The van der Waals surface area contributed by atoms with Gasteiger partial charge in [0.2, 0.25) is 5.91 Å². The molecule has 1 heterocycles. The van der Waals surface area contributed by atoms with Crippen molar-refractivity contribution in [1.82, 2.24) is 14.9 Å². The quantitative estimate of drug-likeness (QED) is 0.670. The fourth-order valence-electron chi connectivity index (χ4n) is 2.13. The number of carbonyl (C=O) groups excluding carboxylic acids is 1. The van der Waals surface area contributed by atoms with Crippen molar-refractivity contribution in [2.24, 2.45) is 0 Å². The first kappa shape index (κ1) is 14.1. The largest absolute Gasteiger partial charge is 0.343 e. The Morgan fingerprint density at radius 1 is 1.50 bits per heavy atom. The third-order valence-electron chi connectivity index (χ3n) is 3.12. The molecule has 0 spiro atoms. The number of benzene rings is 1. The first-order chi connectivity index (χ1) is 9.54. The van der Waals surface area contributed by atoms with Gasteiger partial charge in [0.1, 0.15) is 5.82 Å². The maximum absolute atomic E-state index is 11.7. The summed E-state index contributed by atoms with van der Waals surface area (Å²) >= 11 is 0. The molecule has 0 aliphatic rings. The molecule has 2 rings (SSSR count). The van der Waals surface area contributed by atoms with Crippen LogP contribution in [-0.2, 0) is 11.3 Å². The van der Waals surface area contributed by atoms with Crippen molar-refractivity contribution in [3.63, 3.8) is 0 Å². The number of carbonyl (C=O) groups is 1. The van der Waals surface area contributed by atoms with Gasteiger partial charge in [0.25, 0.3) is 0 Å². The van der Waals surface area contributed by atoms with E-state index in [4.69, 9.17) is 0 Å². The van der Waals surface area contributed by atoms with E-state index in [0.717, 1.165) is 16.9 Å². The van der Waals surface area contributed by atoms with Crippen LogP contribution >= 0.6 is 0 Å². The summed E-state index contributed by atoms with van der Waals surface area (Å²) in [5, 5.41) is 2.90. The van der Waals surface area contributed by atoms with Gasteiger partial charge in [0.05, 0.1) is 17.1 Å². The van der Waals surface area contributed by atoms with Crippen molar-refractivity contribution in [1.29, 1.82) is 0 Å². The number of hydrogen-bond acceptors (Lipinski definition) is 2. The first-order valence-corrected chi connectivity index (χ1v) is 6.57. The molecule has 1 unspecified atom stereocenters. The van der Waals surface area contributed by atoms with E-state index >= 15 is 0 Å². The Morgan fingerprint density at radius 3 is 2.85 bits per heavy atom. The number of fused-ring (bicyclic) bond motifs is 1. The SMILES string of the molecule is C=CCn1c(C(C)NC(=O)C(=C)C)nc2ccccc21. The molecule has 2 aromatic rings. The fraction of sp³-hybridized carbons (Fsp3) is 0.250. The summed E-state index contributed by atoms with van der Waals surface area (Å²) in [7, 11) is 0. The minimum Gasteiger partial charge on any atom is -0.343 e. The van der Waals surface area contributed by atoms with Crippen molar-refractivity contribution in [2.45, 2.75) is 26.4 Å². The molecule has 0 radical (unpaired) electrons. The van der Waals surface area contributed by atoms with Gasteiger partial charge >= 0.3 is 0 Å². The van der Waals surface area contributed by atoms with E-state index in [1.54, 1.807) is 6.92 Å². The summed E-state index contributed by atoms with van der Waals surface area (Å²) in [6.07, 6.45) is 1.82. The number of rotatable bonds is 5. The summed E-state index contributed by atoms with van der Waals surface area (Å²) in [4.78, 5) is 16.4. The molecule has 104 valence electrons. The lowest BCUT2D eigenvalue weighted by Gasteiger charge is -2.15. The highest BCUT2D eigenvalue weighted by Gasteiger charge is 2.17. The highest BCUT2D eigenvalue weighted by molar-refractivity contribution is 5.92. The number of amides is 1. The van der Waals surface area contributed by atoms with Crippen molar-refractivity contribution in [3.05, 3.63) is 54.9 Å². The molecule has 0 bridgehead atoms. The van der Waals surface area contributed by atoms with E-state index < -0.39 is 0 Å². The van der Waals surface area contributed by atoms with Crippen LogP contribution in [-0.4, -0.2) is 15.5 Å². The molecule has 0 fully saturated rings. The number of imidazole rings is 1. The van der Waals surface area contributed by atoms with Gasteiger partial charge in [-0.1, -0.05) is 24.8 Å². The zero-order valence-corrected chi connectivity index (χ0v) is 11.9. The van der Waals surface area contributed by atoms with E-state index in [2.05, 4.69) is 28.0 Å². The average molecular weight is 269 g/mol. The van der Waals surface area contributed by atoms with E-state index in [0.29, 0.717) is 12.1 Å². The molecule has 4 nitrogen and oxygen atoms in total. The van der Waals surface area contributed by atoms with E-state index in [1.807, 2.05) is 37.3 Å². The number of nitrogens with zero attached hydrogens (tertiary/aromatic N) is 2. The number of allylic oxidation sites excluding steroid dienone is 1. The summed E-state index contributed by atoms with van der Waals surface area (Å²) in [5.41, 5.74) is 2.45. The van der Waals surface area contributed by atoms with Gasteiger partial charge in [-0.15, -0.1) is 6.58 Å². The van der Waals surface area contributed by atoms with Crippen LogP contribution in [0.15, 0.2) is 49.1 Å². The number of aromatic nitrogens is 2. The molecule has 1 atom stereocenters. The Morgan fingerprint density at radius 2 is 2.20 bits per heavy atom. The van der Waals surface area contributed by atoms with Gasteiger partial charge in [-0.2, -0.15) is 0 Å². The standard InChI is InChI=1S/C16H19N3O/c1-5-10-19-14-9-7-6-8-13(14)18-15(19)12(4)17-16(20)11(2)3/h5-9,12H,1-2,10H2,3-4H3,(H,17,20). The molecule has 1 N–H and O–H groups in total. The molecular formula is C16H19N3O. The molecule has 1 aromatic heterocycles. The normalized spacial score (nSPS) is 12.1. The highest BCUT2D eigenvalue weighted by atomic mass is 16.1. The molecule has 0 aliphatic heterocycles. The fourth-order valence-corrected chi connectivity index (χ4v) is 2.13. The van der Waals surface area contributed by atoms with Crippen molar-refractivity contribution >= 4 is 16.9 Å². The van der Waals surface area contributed by atoms with Crippen LogP contribution in [0.5, 0.6) is 0 Å². The van der Waals surface area contributed by atoms with Crippen LogP contribution in [0.2, 0.25) is 0 Å². The summed E-state index contributed by atoms with van der Waals surface area (Å²) < 4.78 is 2.06. The minimum atomic E-state index is -0.188. The van der Waals surface area contributed by atoms with Gasteiger partial charge in [-0.25, -0.2) is 4.98 Å². The second-order valence-corrected chi connectivity index (χ2v) is 4.83. The van der Waals surface area contributed by atoms with Crippen LogP contribution in [0.4, 0.5) is 0 Å². The van der Waals surface area contributed by atoms with Gasteiger partial charge in [-0.3, -0.25) is 4.79 Å². The smallest absolute Gasteiger partial charge is 0.246 e. The summed E-state index contributed by atoms with van der Waals surface area (Å²) in [6.45, 7) is 11.7. The van der Waals surface area contributed by atoms with Crippen molar-refractivity contribution in [2.75, 3.05) is 0 Å². The van der Waals surface area contributed by atoms with Gasteiger partial charge in [0.15, 0.2) is 0 Å². The number of hydrogen-bond donors (Lipinski definition) is 1. The predicted molar refractivity (Wildman–Crippen MR) is 81.3 cm³/mol. The molecular weight excluding hydrogens is 250 g/mol.